The van der Waals surface area contributed by atoms with E-state index in [1.807, 2.05) is 13.0 Å². The van der Waals surface area contributed by atoms with E-state index >= 15 is 0 Å². The van der Waals surface area contributed by atoms with Crippen LogP contribution < -0.4 is 4.74 Å². The summed E-state index contributed by atoms with van der Waals surface area (Å²) < 4.78 is 90.9. The Kier molecular flexibility index (Phi) is 6.87. The number of benzene rings is 4. The van der Waals surface area contributed by atoms with Crippen LogP contribution in [0.5, 0.6) is 5.75 Å². The highest BCUT2D eigenvalue weighted by atomic mass is 19.3. The molecule has 1 aromatic heterocycles. The second-order valence-corrected chi connectivity index (χ2v) is 8.88. The number of nitrogens with zero attached hydrogens (tertiary/aromatic N) is 1. The first-order chi connectivity index (χ1) is 18.6. The normalized spacial score (nSPS) is 11.5. The van der Waals surface area contributed by atoms with Gasteiger partial charge in [0.05, 0.1) is 11.3 Å². The fraction of sp³-hybridized carbons (Fsp3) is 0.0645. The molecule has 0 bridgehead atoms. The summed E-state index contributed by atoms with van der Waals surface area (Å²) in [4.78, 5) is 4.27. The van der Waals surface area contributed by atoms with Gasteiger partial charge in [0.25, 0.3) is 0 Å². The molecule has 2 nitrogen and oxygen atoms in total. The van der Waals surface area contributed by atoms with Crippen molar-refractivity contribution in [2.24, 2.45) is 0 Å². The van der Waals surface area contributed by atoms with Crippen LogP contribution >= 0.6 is 0 Å². The van der Waals surface area contributed by atoms with Crippen molar-refractivity contribution in [3.8, 4) is 39.3 Å². The zero-order valence-electron chi connectivity index (χ0n) is 20.4. The van der Waals surface area contributed by atoms with E-state index in [0.29, 0.717) is 11.3 Å². The molecular weight excluding hydrogens is 516 g/mol. The molecule has 0 aliphatic rings. The Morgan fingerprint density at radius 3 is 1.77 bits per heavy atom. The molecule has 1 heterocycles. The molecule has 0 saturated heterocycles. The molecule has 8 heteroatoms. The SMILES string of the molecule is Cc1ccc(-c2ccc(C(F)(F)Oc3ccc(-c4ccc(-c5ccc(F)c(F)c5)c(F)c4)c(F)c3)cc2)nc1. The number of hydrogen-bond donors (Lipinski definition) is 0. The van der Waals surface area contributed by atoms with Crippen LogP contribution in [0, 0.1) is 30.2 Å². The average molecular weight is 535 g/mol. The molecule has 0 N–H and O–H groups in total. The number of halogens is 6. The first-order valence-corrected chi connectivity index (χ1v) is 11.8. The van der Waals surface area contributed by atoms with Crippen molar-refractivity contribution in [3.05, 3.63) is 132 Å². The molecule has 39 heavy (non-hydrogen) atoms. The molecule has 0 atom stereocenters. The van der Waals surface area contributed by atoms with Crippen molar-refractivity contribution in [2.75, 3.05) is 0 Å². The van der Waals surface area contributed by atoms with E-state index in [-0.39, 0.29) is 22.3 Å². The van der Waals surface area contributed by atoms with E-state index in [1.165, 1.54) is 48.5 Å². The summed E-state index contributed by atoms with van der Waals surface area (Å²) in [5, 5.41) is 0. The minimum absolute atomic E-state index is 0.0122. The van der Waals surface area contributed by atoms with Gasteiger partial charge in [-0.05, 0) is 72.1 Å². The van der Waals surface area contributed by atoms with Crippen LogP contribution in [0.4, 0.5) is 26.3 Å². The van der Waals surface area contributed by atoms with Crippen molar-refractivity contribution in [2.45, 2.75) is 13.0 Å². The Bertz CT molecular complexity index is 1650. The molecule has 196 valence electrons. The zero-order valence-corrected chi connectivity index (χ0v) is 20.4. The number of aromatic nitrogens is 1. The van der Waals surface area contributed by atoms with Gasteiger partial charge < -0.3 is 4.74 Å². The minimum atomic E-state index is -3.76. The number of pyridine rings is 1. The summed E-state index contributed by atoms with van der Waals surface area (Å²) in [7, 11) is 0. The molecule has 0 aliphatic carbocycles. The summed E-state index contributed by atoms with van der Waals surface area (Å²) in [5.41, 5.74) is 1.96. The van der Waals surface area contributed by atoms with Gasteiger partial charge in [0.2, 0.25) is 0 Å². The van der Waals surface area contributed by atoms with Gasteiger partial charge in [-0.25, -0.2) is 17.6 Å². The quantitative estimate of drug-likeness (QED) is 0.202. The van der Waals surface area contributed by atoms with Crippen LogP contribution in [0.3, 0.4) is 0 Å². The smallest absolute Gasteiger partial charge is 0.426 e. The van der Waals surface area contributed by atoms with Crippen LogP contribution in [-0.2, 0) is 6.11 Å². The maximum Gasteiger partial charge on any atom is 0.426 e. The fourth-order valence-electron chi connectivity index (χ4n) is 4.05. The van der Waals surface area contributed by atoms with Gasteiger partial charge in [-0.2, -0.15) is 8.78 Å². The molecule has 4 aromatic carbocycles. The summed E-state index contributed by atoms with van der Waals surface area (Å²) >= 11 is 0. The van der Waals surface area contributed by atoms with E-state index in [9.17, 15) is 26.3 Å². The lowest BCUT2D eigenvalue weighted by atomic mass is 9.99. The van der Waals surface area contributed by atoms with Gasteiger partial charge >= 0.3 is 6.11 Å². The standard InChI is InChI=1S/C31H19F6NO/c1-18-2-13-30(38-17-18)19-3-7-22(8-4-19)31(36,37)39-23-9-11-25(28(34)16-23)20-5-10-24(27(33)14-20)21-6-12-26(32)29(35)15-21/h2-17H,1H3. The Balaban J connectivity index is 1.34. The third-order valence-electron chi connectivity index (χ3n) is 6.13. The van der Waals surface area contributed by atoms with E-state index in [2.05, 4.69) is 4.98 Å². The Morgan fingerprint density at radius 2 is 1.18 bits per heavy atom. The van der Waals surface area contributed by atoms with Crippen molar-refractivity contribution in [1.82, 2.24) is 4.98 Å². The topological polar surface area (TPSA) is 22.1 Å². The van der Waals surface area contributed by atoms with Gasteiger partial charge in [-0.1, -0.05) is 36.4 Å². The lowest BCUT2D eigenvalue weighted by Gasteiger charge is -2.19. The summed E-state index contributed by atoms with van der Waals surface area (Å²) in [6, 6.07) is 18.8. The lowest BCUT2D eigenvalue weighted by molar-refractivity contribution is -0.185. The molecule has 0 unspecified atom stereocenters. The maximum absolute atomic E-state index is 14.9. The number of ether oxygens (including phenoxy) is 1. The number of aryl methyl sites for hydroxylation is 1. The van der Waals surface area contributed by atoms with E-state index in [0.717, 1.165) is 35.9 Å². The Hall–Kier alpha value is -4.59. The van der Waals surface area contributed by atoms with Crippen molar-refractivity contribution < 1.29 is 31.1 Å². The second kappa shape index (κ2) is 10.3. The molecule has 0 fully saturated rings. The molecule has 0 saturated carbocycles. The first kappa shape index (κ1) is 26.0. The van der Waals surface area contributed by atoms with E-state index in [4.69, 9.17) is 4.74 Å². The number of alkyl halides is 2. The average Bonchev–Trinajstić information content (AvgIpc) is 2.91. The Labute approximate surface area is 220 Å². The van der Waals surface area contributed by atoms with E-state index < -0.39 is 40.7 Å². The third-order valence-corrected chi connectivity index (χ3v) is 6.13. The first-order valence-electron chi connectivity index (χ1n) is 11.8. The molecule has 0 aliphatic heterocycles. The monoisotopic (exact) mass is 535 g/mol. The van der Waals surface area contributed by atoms with Crippen LogP contribution in [-0.4, -0.2) is 4.98 Å². The van der Waals surface area contributed by atoms with Gasteiger partial charge in [-0.15, -0.1) is 0 Å². The minimum Gasteiger partial charge on any atom is -0.429 e. The molecular formula is C31H19F6NO. The molecule has 0 radical (unpaired) electrons. The maximum atomic E-state index is 14.9. The highest BCUT2D eigenvalue weighted by molar-refractivity contribution is 5.72. The van der Waals surface area contributed by atoms with Gasteiger partial charge in [-0.3, -0.25) is 4.98 Å². The third kappa shape index (κ3) is 5.50. The number of rotatable bonds is 6. The summed E-state index contributed by atoms with van der Waals surface area (Å²) in [5.74, 6) is -4.33. The molecule has 5 rings (SSSR count). The lowest BCUT2D eigenvalue weighted by Crippen LogP contribution is -2.21. The van der Waals surface area contributed by atoms with Crippen molar-refractivity contribution in [3.63, 3.8) is 0 Å². The zero-order chi connectivity index (χ0) is 27.7. The van der Waals surface area contributed by atoms with Crippen molar-refractivity contribution in [1.29, 1.82) is 0 Å². The highest BCUT2D eigenvalue weighted by Crippen LogP contribution is 2.36. The van der Waals surface area contributed by atoms with Crippen LogP contribution in [0.15, 0.2) is 97.2 Å². The van der Waals surface area contributed by atoms with E-state index in [1.54, 1.807) is 12.3 Å². The summed E-state index contributed by atoms with van der Waals surface area (Å²) in [6.45, 7) is 1.89. The highest BCUT2D eigenvalue weighted by Gasteiger charge is 2.34. The molecule has 0 amide bonds. The second-order valence-electron chi connectivity index (χ2n) is 8.88. The van der Waals surface area contributed by atoms with Gasteiger partial charge in [0.1, 0.15) is 17.4 Å². The predicted octanol–water partition coefficient (Wildman–Crippen LogP) is 9.08. The fourth-order valence-corrected chi connectivity index (χ4v) is 4.05. The Morgan fingerprint density at radius 1 is 0.590 bits per heavy atom. The van der Waals surface area contributed by atoms with Crippen LogP contribution in [0.2, 0.25) is 0 Å². The van der Waals surface area contributed by atoms with Crippen LogP contribution in [0.1, 0.15) is 11.1 Å². The molecule has 0 spiro atoms. The predicted molar refractivity (Wildman–Crippen MR) is 136 cm³/mol. The largest absolute Gasteiger partial charge is 0.429 e. The summed E-state index contributed by atoms with van der Waals surface area (Å²) in [6.07, 6.45) is -2.08. The number of hydrogen-bond acceptors (Lipinski definition) is 2. The van der Waals surface area contributed by atoms with Gasteiger partial charge in [0.15, 0.2) is 11.6 Å². The van der Waals surface area contributed by atoms with Crippen LogP contribution in [0.25, 0.3) is 33.5 Å². The molecule has 5 aromatic rings. The van der Waals surface area contributed by atoms with Gasteiger partial charge in [0, 0.05) is 29.0 Å². The van der Waals surface area contributed by atoms with Crippen molar-refractivity contribution >= 4 is 0 Å².